The molecular weight excluding hydrogens is 272 g/mol. The predicted octanol–water partition coefficient (Wildman–Crippen LogP) is 4.07. The Morgan fingerprint density at radius 2 is 1.86 bits per heavy atom. The third kappa shape index (κ3) is 3.39. The largest absolute Gasteiger partial charge is 0.435 e. The van der Waals surface area contributed by atoms with Crippen molar-refractivity contribution in [3.63, 3.8) is 0 Å². The van der Waals surface area contributed by atoms with Crippen LogP contribution in [0.4, 0.5) is 8.78 Å². The van der Waals surface area contributed by atoms with Gasteiger partial charge in [-0.15, -0.1) is 0 Å². The summed E-state index contributed by atoms with van der Waals surface area (Å²) in [6.07, 6.45) is 2.21. The molecule has 1 atom stereocenters. The molecule has 3 rings (SSSR count). The maximum Gasteiger partial charge on any atom is 0.387 e. The van der Waals surface area contributed by atoms with Crippen LogP contribution in [0.5, 0.6) is 5.75 Å². The van der Waals surface area contributed by atoms with Crippen molar-refractivity contribution in [3.8, 4) is 5.75 Å². The molecule has 21 heavy (non-hydrogen) atoms. The number of halogens is 2. The molecule has 0 aliphatic heterocycles. The van der Waals surface area contributed by atoms with Crippen LogP contribution in [-0.2, 0) is 13.0 Å². The topological polar surface area (TPSA) is 21.3 Å². The molecule has 0 spiro atoms. The molecule has 4 heteroatoms. The van der Waals surface area contributed by atoms with Gasteiger partial charge in [-0.25, -0.2) is 0 Å². The SMILES string of the molecule is FC(F)Oc1ccc(CNC2CCc3ccccc32)cc1. The number of alkyl halides is 2. The molecule has 110 valence electrons. The molecule has 2 nitrogen and oxygen atoms in total. The average molecular weight is 289 g/mol. The van der Waals surface area contributed by atoms with E-state index in [-0.39, 0.29) is 5.75 Å². The Morgan fingerprint density at radius 3 is 2.62 bits per heavy atom. The highest BCUT2D eigenvalue weighted by atomic mass is 19.3. The average Bonchev–Trinajstić information content (AvgIpc) is 2.89. The number of fused-ring (bicyclic) bond motifs is 1. The van der Waals surface area contributed by atoms with Crippen molar-refractivity contribution in [2.75, 3.05) is 0 Å². The number of nitrogens with one attached hydrogen (secondary N) is 1. The first-order valence-electron chi connectivity index (χ1n) is 7.07. The van der Waals surface area contributed by atoms with Gasteiger partial charge in [-0.3, -0.25) is 0 Å². The van der Waals surface area contributed by atoms with Crippen molar-refractivity contribution < 1.29 is 13.5 Å². The quantitative estimate of drug-likeness (QED) is 0.896. The number of aryl methyl sites for hydroxylation is 1. The molecule has 0 fully saturated rings. The van der Waals surface area contributed by atoms with Crippen LogP contribution in [-0.4, -0.2) is 6.61 Å². The highest BCUT2D eigenvalue weighted by molar-refractivity contribution is 5.34. The van der Waals surface area contributed by atoms with Gasteiger partial charge in [0.15, 0.2) is 0 Å². The number of hydrogen-bond acceptors (Lipinski definition) is 2. The molecule has 0 saturated carbocycles. The van der Waals surface area contributed by atoms with Crippen LogP contribution in [0.15, 0.2) is 48.5 Å². The van der Waals surface area contributed by atoms with E-state index < -0.39 is 6.61 Å². The lowest BCUT2D eigenvalue weighted by molar-refractivity contribution is -0.0498. The zero-order valence-corrected chi connectivity index (χ0v) is 11.6. The van der Waals surface area contributed by atoms with Gasteiger partial charge in [0.1, 0.15) is 5.75 Å². The van der Waals surface area contributed by atoms with Crippen LogP contribution in [0.1, 0.15) is 29.2 Å². The molecule has 0 saturated heterocycles. The molecule has 2 aromatic carbocycles. The number of hydrogen-bond donors (Lipinski definition) is 1. The fourth-order valence-electron chi connectivity index (χ4n) is 2.80. The predicted molar refractivity (Wildman–Crippen MR) is 77.4 cm³/mol. The van der Waals surface area contributed by atoms with E-state index in [9.17, 15) is 8.78 Å². The Bertz CT molecular complexity index is 598. The van der Waals surface area contributed by atoms with Crippen LogP contribution in [0.3, 0.4) is 0 Å². The third-order valence-corrected chi connectivity index (χ3v) is 3.83. The lowest BCUT2D eigenvalue weighted by atomic mass is 10.1. The normalized spacial score (nSPS) is 17.0. The minimum Gasteiger partial charge on any atom is -0.435 e. The second-order valence-corrected chi connectivity index (χ2v) is 5.19. The monoisotopic (exact) mass is 289 g/mol. The van der Waals surface area contributed by atoms with Gasteiger partial charge < -0.3 is 10.1 Å². The van der Waals surface area contributed by atoms with Gasteiger partial charge in [-0.05, 0) is 41.7 Å². The molecule has 0 radical (unpaired) electrons. The smallest absolute Gasteiger partial charge is 0.387 e. The van der Waals surface area contributed by atoms with Gasteiger partial charge in [-0.1, -0.05) is 36.4 Å². The molecule has 0 heterocycles. The van der Waals surface area contributed by atoms with Gasteiger partial charge in [0.2, 0.25) is 0 Å². The zero-order valence-electron chi connectivity index (χ0n) is 11.6. The fraction of sp³-hybridized carbons (Fsp3) is 0.294. The van der Waals surface area contributed by atoms with Crippen molar-refractivity contribution in [2.45, 2.75) is 32.0 Å². The Hall–Kier alpha value is -1.94. The van der Waals surface area contributed by atoms with E-state index in [1.807, 2.05) is 12.1 Å². The Balaban J connectivity index is 1.59. The van der Waals surface area contributed by atoms with Crippen LogP contribution >= 0.6 is 0 Å². The summed E-state index contributed by atoms with van der Waals surface area (Å²) in [6.45, 7) is -2.06. The summed E-state index contributed by atoms with van der Waals surface area (Å²) in [4.78, 5) is 0. The van der Waals surface area contributed by atoms with Gasteiger partial charge >= 0.3 is 6.61 Å². The van der Waals surface area contributed by atoms with E-state index in [0.29, 0.717) is 12.6 Å². The van der Waals surface area contributed by atoms with Crippen LogP contribution < -0.4 is 10.1 Å². The molecule has 1 aliphatic carbocycles. The van der Waals surface area contributed by atoms with Crippen LogP contribution in [0.2, 0.25) is 0 Å². The molecule has 1 aliphatic rings. The second kappa shape index (κ2) is 6.22. The summed E-state index contributed by atoms with van der Waals surface area (Å²) in [5.41, 5.74) is 3.84. The Labute approximate surface area is 122 Å². The highest BCUT2D eigenvalue weighted by Gasteiger charge is 2.20. The van der Waals surface area contributed by atoms with Gasteiger partial charge in [0, 0.05) is 12.6 Å². The molecule has 0 amide bonds. The van der Waals surface area contributed by atoms with Crippen LogP contribution in [0, 0.1) is 0 Å². The number of ether oxygens (including phenoxy) is 1. The minimum atomic E-state index is -2.77. The van der Waals surface area contributed by atoms with E-state index in [1.165, 1.54) is 11.1 Å². The van der Waals surface area contributed by atoms with Crippen LogP contribution in [0.25, 0.3) is 0 Å². The summed E-state index contributed by atoms with van der Waals surface area (Å²) >= 11 is 0. The summed E-state index contributed by atoms with van der Waals surface area (Å²) < 4.78 is 28.5. The van der Waals surface area contributed by atoms with Crippen molar-refractivity contribution in [1.29, 1.82) is 0 Å². The summed E-state index contributed by atoms with van der Waals surface area (Å²) in [7, 11) is 0. The second-order valence-electron chi connectivity index (χ2n) is 5.19. The first-order chi connectivity index (χ1) is 10.2. The lowest BCUT2D eigenvalue weighted by Crippen LogP contribution is -2.18. The summed E-state index contributed by atoms with van der Waals surface area (Å²) in [5.74, 6) is 0.194. The number of rotatable bonds is 5. The highest BCUT2D eigenvalue weighted by Crippen LogP contribution is 2.30. The molecule has 0 aromatic heterocycles. The molecule has 2 aromatic rings. The van der Waals surface area contributed by atoms with Gasteiger partial charge in [0.05, 0.1) is 0 Å². The van der Waals surface area contributed by atoms with Crippen molar-refractivity contribution in [1.82, 2.24) is 5.32 Å². The van der Waals surface area contributed by atoms with E-state index in [0.717, 1.165) is 18.4 Å². The van der Waals surface area contributed by atoms with E-state index in [2.05, 4.69) is 34.3 Å². The van der Waals surface area contributed by atoms with E-state index in [1.54, 1.807) is 12.1 Å². The maximum atomic E-state index is 12.1. The van der Waals surface area contributed by atoms with E-state index >= 15 is 0 Å². The molecule has 1 unspecified atom stereocenters. The number of benzene rings is 2. The van der Waals surface area contributed by atoms with Gasteiger partial charge in [0.25, 0.3) is 0 Å². The van der Waals surface area contributed by atoms with E-state index in [4.69, 9.17) is 0 Å². The van der Waals surface area contributed by atoms with Gasteiger partial charge in [-0.2, -0.15) is 8.78 Å². The Kier molecular flexibility index (Phi) is 4.15. The first-order valence-corrected chi connectivity index (χ1v) is 7.07. The Morgan fingerprint density at radius 1 is 1.10 bits per heavy atom. The first kappa shape index (κ1) is 14.0. The standard InChI is InChI=1S/C17H17F2NO/c18-17(19)21-14-8-5-12(6-9-14)11-20-16-10-7-13-3-1-2-4-15(13)16/h1-6,8-9,16-17,20H,7,10-11H2. The maximum absolute atomic E-state index is 12.1. The van der Waals surface area contributed by atoms with Crippen molar-refractivity contribution in [2.24, 2.45) is 0 Å². The zero-order chi connectivity index (χ0) is 14.7. The van der Waals surface area contributed by atoms with Crippen molar-refractivity contribution in [3.05, 3.63) is 65.2 Å². The minimum absolute atomic E-state index is 0.194. The molecule has 0 bridgehead atoms. The molecular formula is C17H17F2NO. The fourth-order valence-corrected chi connectivity index (χ4v) is 2.80. The summed E-state index contributed by atoms with van der Waals surface area (Å²) in [5, 5.41) is 3.53. The lowest BCUT2D eigenvalue weighted by Gasteiger charge is -2.14. The molecule has 1 N–H and O–H groups in total. The van der Waals surface area contributed by atoms with Crippen molar-refractivity contribution >= 4 is 0 Å². The third-order valence-electron chi connectivity index (χ3n) is 3.83. The summed E-state index contributed by atoms with van der Waals surface area (Å²) in [6, 6.07) is 15.6.